The molecule has 0 spiro atoms. The quantitative estimate of drug-likeness (QED) is 0.304. The molecule has 0 radical (unpaired) electrons. The van der Waals surface area contributed by atoms with Gasteiger partial charge in [0.05, 0.1) is 13.1 Å². The molecule has 0 saturated carbocycles. The normalized spacial score (nSPS) is 10.1. The number of nitrogens with zero attached hydrogens (tertiary/aromatic N) is 2. The predicted octanol–water partition coefficient (Wildman–Crippen LogP) is 2.51. The van der Waals surface area contributed by atoms with Crippen LogP contribution in [0.25, 0.3) is 0 Å². The largest absolute Gasteiger partial charge is 0.343 e. The van der Waals surface area contributed by atoms with Gasteiger partial charge in [-0.1, -0.05) is 60.7 Å². The number of carbonyl (C=O) groups excluding carboxylic acids is 4. The van der Waals surface area contributed by atoms with Crippen molar-refractivity contribution in [2.45, 2.75) is 33.1 Å². The Bertz CT molecular complexity index is 986. The van der Waals surface area contributed by atoms with Crippen molar-refractivity contribution in [2.24, 2.45) is 0 Å². The average molecular weight is 481 g/mol. The summed E-state index contributed by atoms with van der Waals surface area (Å²) in [5.74, 6) is -3.78. The van der Waals surface area contributed by atoms with E-state index in [9.17, 15) is 19.2 Å². The fourth-order valence-corrected chi connectivity index (χ4v) is 2.98. The van der Waals surface area contributed by atoms with Gasteiger partial charge in [-0.15, -0.1) is 0 Å². The minimum atomic E-state index is -1.08. The summed E-state index contributed by atoms with van der Waals surface area (Å²) >= 11 is 0. The fourth-order valence-electron chi connectivity index (χ4n) is 2.98. The second kappa shape index (κ2) is 13.4. The molecule has 0 aliphatic carbocycles. The van der Waals surface area contributed by atoms with Crippen LogP contribution in [-0.4, -0.2) is 58.4 Å². The number of hydrogen-bond acceptors (Lipinski definition) is 8. The van der Waals surface area contributed by atoms with Crippen LogP contribution in [-0.2, 0) is 41.7 Å². The zero-order chi connectivity index (χ0) is 25.8. The summed E-state index contributed by atoms with van der Waals surface area (Å²) in [6, 6.07) is 17.8. The van der Waals surface area contributed by atoms with E-state index in [0.29, 0.717) is 10.1 Å². The van der Waals surface area contributed by atoms with E-state index in [2.05, 4.69) is 0 Å². The van der Waals surface area contributed by atoms with E-state index < -0.39 is 30.2 Å². The molecule has 2 amide bonds. The standard InChI is InChI=1S/C25H28N4O6/c1-3-28(24(32)20(26)15-18-11-7-5-8-12-18)34-22(30)17-23(31)35-29(4-2)25(33)21(27)16-19-13-9-6-10-14-19/h5-14,26-27H,3-4,15-17H2,1-2H3. The lowest BCUT2D eigenvalue weighted by Gasteiger charge is -2.21. The van der Waals surface area contributed by atoms with Crippen LogP contribution in [0.3, 0.4) is 0 Å². The van der Waals surface area contributed by atoms with Gasteiger partial charge in [-0.05, 0) is 25.0 Å². The molecular formula is C25H28N4O6. The first kappa shape index (κ1) is 26.9. The van der Waals surface area contributed by atoms with Crippen LogP contribution in [0.4, 0.5) is 0 Å². The molecule has 0 saturated heterocycles. The van der Waals surface area contributed by atoms with E-state index in [1.54, 1.807) is 62.4 Å². The Morgan fingerprint density at radius 1 is 0.657 bits per heavy atom. The summed E-state index contributed by atoms with van der Waals surface area (Å²) in [5.41, 5.74) is 0.930. The van der Waals surface area contributed by atoms with Gasteiger partial charge in [0.1, 0.15) is 17.8 Å². The number of nitrogens with one attached hydrogen (secondary N) is 2. The van der Waals surface area contributed by atoms with E-state index in [4.69, 9.17) is 20.5 Å². The number of rotatable bonds is 10. The zero-order valence-corrected chi connectivity index (χ0v) is 19.7. The molecule has 0 atom stereocenters. The maximum absolute atomic E-state index is 12.5. The minimum absolute atomic E-state index is 0.0347. The number of benzene rings is 2. The topological polar surface area (TPSA) is 141 Å². The highest BCUT2D eigenvalue weighted by Crippen LogP contribution is 2.07. The van der Waals surface area contributed by atoms with E-state index in [-0.39, 0.29) is 37.4 Å². The summed E-state index contributed by atoms with van der Waals surface area (Å²) in [7, 11) is 0. The Morgan fingerprint density at radius 2 is 1.00 bits per heavy atom. The maximum Gasteiger partial charge on any atom is 0.343 e. The number of carbonyl (C=O) groups is 4. The van der Waals surface area contributed by atoms with Crippen molar-refractivity contribution in [3.05, 3.63) is 71.8 Å². The molecule has 0 aliphatic rings. The second-order valence-corrected chi connectivity index (χ2v) is 7.38. The Kier molecular flexibility index (Phi) is 10.3. The lowest BCUT2D eigenvalue weighted by atomic mass is 10.1. The lowest BCUT2D eigenvalue weighted by Crippen LogP contribution is -2.41. The van der Waals surface area contributed by atoms with E-state index >= 15 is 0 Å². The molecule has 0 bridgehead atoms. The predicted molar refractivity (Wildman–Crippen MR) is 127 cm³/mol. The molecule has 2 rings (SSSR count). The summed E-state index contributed by atoms with van der Waals surface area (Å²) < 4.78 is 0. The number of hydroxylamine groups is 4. The Hall–Kier alpha value is -4.34. The van der Waals surface area contributed by atoms with Gasteiger partial charge in [0.25, 0.3) is 0 Å². The highest BCUT2D eigenvalue weighted by molar-refractivity contribution is 6.38. The smallest absolute Gasteiger partial charge is 0.337 e. The van der Waals surface area contributed by atoms with Crippen LogP contribution in [0.1, 0.15) is 31.4 Å². The van der Waals surface area contributed by atoms with Gasteiger partial charge in [0.2, 0.25) is 0 Å². The van der Waals surface area contributed by atoms with Gasteiger partial charge in [0.15, 0.2) is 0 Å². The summed E-state index contributed by atoms with van der Waals surface area (Å²) in [6.07, 6.45) is -0.762. The second-order valence-electron chi connectivity index (χ2n) is 7.38. The third-order valence-electron chi connectivity index (χ3n) is 4.70. The third kappa shape index (κ3) is 8.50. The molecule has 0 fully saturated rings. The molecule has 2 aromatic rings. The fraction of sp³-hybridized carbons (Fsp3) is 0.280. The molecule has 0 heterocycles. The third-order valence-corrected chi connectivity index (χ3v) is 4.70. The van der Waals surface area contributed by atoms with Crippen LogP contribution < -0.4 is 0 Å². The maximum atomic E-state index is 12.5. The molecule has 0 unspecified atom stereocenters. The molecule has 10 heteroatoms. The highest BCUT2D eigenvalue weighted by Gasteiger charge is 2.26. The first-order valence-corrected chi connectivity index (χ1v) is 11.0. The van der Waals surface area contributed by atoms with Gasteiger partial charge >= 0.3 is 23.8 Å². The number of amides is 2. The van der Waals surface area contributed by atoms with Gasteiger partial charge in [0, 0.05) is 12.8 Å². The minimum Gasteiger partial charge on any atom is -0.337 e. The van der Waals surface area contributed by atoms with Crippen LogP contribution >= 0.6 is 0 Å². The Labute approximate surface area is 203 Å². The van der Waals surface area contributed by atoms with Gasteiger partial charge in [-0.3, -0.25) is 20.4 Å². The SMILES string of the molecule is CCN(OC(=O)CC(=O)ON(CC)C(=O)C(=N)Cc1ccccc1)C(=O)C(=N)Cc1ccccc1. The monoisotopic (exact) mass is 480 g/mol. The van der Waals surface area contributed by atoms with E-state index in [1.165, 1.54) is 0 Å². The summed E-state index contributed by atoms with van der Waals surface area (Å²) in [4.78, 5) is 59.2. The van der Waals surface area contributed by atoms with Crippen molar-refractivity contribution in [1.82, 2.24) is 10.1 Å². The van der Waals surface area contributed by atoms with Gasteiger partial charge in [-0.2, -0.15) is 10.1 Å². The molecule has 0 aromatic heterocycles. The van der Waals surface area contributed by atoms with Crippen LogP contribution in [0.5, 0.6) is 0 Å². The molecule has 10 nitrogen and oxygen atoms in total. The van der Waals surface area contributed by atoms with Crippen molar-refractivity contribution in [3.63, 3.8) is 0 Å². The molecule has 184 valence electrons. The van der Waals surface area contributed by atoms with Crippen molar-refractivity contribution in [2.75, 3.05) is 13.1 Å². The molecule has 2 N–H and O–H groups in total. The first-order valence-electron chi connectivity index (χ1n) is 11.0. The van der Waals surface area contributed by atoms with Crippen molar-refractivity contribution < 1.29 is 28.9 Å². The summed E-state index contributed by atoms with van der Waals surface area (Å²) in [5, 5.41) is 17.4. The highest BCUT2D eigenvalue weighted by atomic mass is 16.7. The average Bonchev–Trinajstić information content (AvgIpc) is 2.86. The van der Waals surface area contributed by atoms with E-state index in [0.717, 1.165) is 11.1 Å². The van der Waals surface area contributed by atoms with Crippen molar-refractivity contribution >= 4 is 35.2 Å². The van der Waals surface area contributed by atoms with Crippen LogP contribution in [0.2, 0.25) is 0 Å². The van der Waals surface area contributed by atoms with Crippen molar-refractivity contribution in [1.29, 1.82) is 10.8 Å². The Morgan fingerprint density at radius 3 is 1.31 bits per heavy atom. The molecule has 0 aliphatic heterocycles. The van der Waals surface area contributed by atoms with Gasteiger partial charge in [-0.25, -0.2) is 9.59 Å². The van der Waals surface area contributed by atoms with Gasteiger partial charge < -0.3 is 9.68 Å². The Balaban J connectivity index is 1.87. The first-order chi connectivity index (χ1) is 16.7. The van der Waals surface area contributed by atoms with Crippen LogP contribution in [0.15, 0.2) is 60.7 Å². The molecule has 2 aromatic carbocycles. The lowest BCUT2D eigenvalue weighted by molar-refractivity contribution is -0.203. The summed E-state index contributed by atoms with van der Waals surface area (Å²) in [6.45, 7) is 3.03. The molecule has 35 heavy (non-hydrogen) atoms. The molecular weight excluding hydrogens is 452 g/mol. The van der Waals surface area contributed by atoms with Crippen LogP contribution in [0, 0.1) is 10.8 Å². The van der Waals surface area contributed by atoms with Crippen molar-refractivity contribution in [3.8, 4) is 0 Å². The zero-order valence-electron chi connectivity index (χ0n) is 19.7. The number of hydrogen-bond donors (Lipinski definition) is 2. The van der Waals surface area contributed by atoms with E-state index in [1.807, 2.05) is 12.1 Å².